The van der Waals surface area contributed by atoms with Gasteiger partial charge in [0.05, 0.1) is 5.75 Å². The van der Waals surface area contributed by atoms with Crippen molar-refractivity contribution in [2.45, 2.75) is 19.9 Å². The molecular formula is C13H18N2O3S. The number of rotatable bonds is 6. The van der Waals surface area contributed by atoms with Crippen molar-refractivity contribution < 1.29 is 14.7 Å². The van der Waals surface area contributed by atoms with E-state index in [0.29, 0.717) is 0 Å². The average molecular weight is 282 g/mol. The van der Waals surface area contributed by atoms with Crippen molar-refractivity contribution >= 4 is 29.3 Å². The number of carboxylic acid groups (broad SMARTS) is 1. The number of hydrogen-bond acceptors (Lipinski definition) is 4. The van der Waals surface area contributed by atoms with Gasteiger partial charge in [0.2, 0.25) is 5.91 Å². The number of carboxylic acids is 1. The Balaban J connectivity index is 2.41. The summed E-state index contributed by atoms with van der Waals surface area (Å²) in [6.07, 6.45) is 0. The molecule has 0 spiro atoms. The normalized spacial score (nSPS) is 11.9. The predicted octanol–water partition coefficient (Wildman–Crippen LogP) is 1.39. The van der Waals surface area contributed by atoms with Gasteiger partial charge in [0.15, 0.2) is 0 Å². The molecule has 0 saturated carbocycles. The Hall–Kier alpha value is -1.53. The fraction of sp³-hybridized carbons (Fsp3) is 0.385. The van der Waals surface area contributed by atoms with Crippen LogP contribution in [0.1, 0.15) is 11.1 Å². The lowest BCUT2D eigenvalue weighted by Gasteiger charge is -2.09. The molecule has 1 atom stereocenters. The molecule has 0 aliphatic heterocycles. The molecule has 1 amide bonds. The Morgan fingerprint density at radius 1 is 1.42 bits per heavy atom. The third-order valence-electron chi connectivity index (χ3n) is 2.50. The summed E-state index contributed by atoms with van der Waals surface area (Å²) in [6.45, 7) is 3.91. The number of anilines is 1. The number of aliphatic carboxylic acids is 1. The van der Waals surface area contributed by atoms with E-state index in [1.54, 1.807) is 0 Å². The highest BCUT2D eigenvalue weighted by Crippen LogP contribution is 2.16. The highest BCUT2D eigenvalue weighted by Gasteiger charge is 2.12. The molecule has 0 aliphatic carbocycles. The molecule has 0 bridgehead atoms. The maximum atomic E-state index is 11.7. The van der Waals surface area contributed by atoms with Gasteiger partial charge in [-0.1, -0.05) is 17.7 Å². The van der Waals surface area contributed by atoms with E-state index in [4.69, 9.17) is 10.8 Å². The van der Waals surface area contributed by atoms with E-state index >= 15 is 0 Å². The van der Waals surface area contributed by atoms with Gasteiger partial charge in [-0.25, -0.2) is 0 Å². The van der Waals surface area contributed by atoms with Crippen LogP contribution in [0.3, 0.4) is 0 Å². The van der Waals surface area contributed by atoms with E-state index in [1.165, 1.54) is 11.8 Å². The molecule has 19 heavy (non-hydrogen) atoms. The third-order valence-corrected chi connectivity index (χ3v) is 3.56. The zero-order valence-corrected chi connectivity index (χ0v) is 11.8. The van der Waals surface area contributed by atoms with Crippen LogP contribution in [0, 0.1) is 13.8 Å². The van der Waals surface area contributed by atoms with Gasteiger partial charge < -0.3 is 16.2 Å². The van der Waals surface area contributed by atoms with Crippen LogP contribution in [0.15, 0.2) is 18.2 Å². The molecule has 6 heteroatoms. The molecule has 0 aromatic heterocycles. The van der Waals surface area contributed by atoms with Gasteiger partial charge in [0, 0.05) is 11.4 Å². The number of benzene rings is 1. The molecule has 0 heterocycles. The molecule has 0 saturated heterocycles. The molecule has 1 aromatic carbocycles. The van der Waals surface area contributed by atoms with Gasteiger partial charge in [0.1, 0.15) is 6.04 Å². The van der Waals surface area contributed by atoms with Gasteiger partial charge in [0.25, 0.3) is 0 Å². The molecule has 0 unspecified atom stereocenters. The maximum absolute atomic E-state index is 11.7. The minimum atomic E-state index is -1.05. The van der Waals surface area contributed by atoms with Crippen LogP contribution in [0.25, 0.3) is 0 Å². The summed E-state index contributed by atoms with van der Waals surface area (Å²) in [7, 11) is 0. The van der Waals surface area contributed by atoms with Crippen LogP contribution in [0.2, 0.25) is 0 Å². The van der Waals surface area contributed by atoms with Crippen molar-refractivity contribution in [3.05, 3.63) is 29.3 Å². The SMILES string of the molecule is Cc1ccc(NC(=O)CSC[C@H](N)C(=O)O)c(C)c1. The minimum Gasteiger partial charge on any atom is -0.480 e. The largest absolute Gasteiger partial charge is 0.480 e. The van der Waals surface area contributed by atoms with Crippen LogP contribution in [-0.2, 0) is 9.59 Å². The molecule has 104 valence electrons. The first-order valence-electron chi connectivity index (χ1n) is 5.83. The number of thioether (sulfide) groups is 1. The lowest BCUT2D eigenvalue weighted by atomic mass is 10.1. The predicted molar refractivity (Wildman–Crippen MR) is 77.5 cm³/mol. The van der Waals surface area contributed by atoms with Crippen molar-refractivity contribution in [3.8, 4) is 0 Å². The van der Waals surface area contributed by atoms with Gasteiger partial charge >= 0.3 is 5.97 Å². The van der Waals surface area contributed by atoms with E-state index in [1.807, 2.05) is 32.0 Å². The van der Waals surface area contributed by atoms with Crippen LogP contribution in [0.5, 0.6) is 0 Å². The molecular weight excluding hydrogens is 264 g/mol. The molecule has 0 aliphatic rings. The summed E-state index contributed by atoms with van der Waals surface area (Å²) in [5.74, 6) is -0.805. The second-order valence-electron chi connectivity index (χ2n) is 4.33. The summed E-state index contributed by atoms with van der Waals surface area (Å²) < 4.78 is 0. The van der Waals surface area contributed by atoms with Crippen molar-refractivity contribution in [3.63, 3.8) is 0 Å². The number of carbonyl (C=O) groups excluding carboxylic acids is 1. The van der Waals surface area contributed by atoms with E-state index in [0.717, 1.165) is 16.8 Å². The zero-order chi connectivity index (χ0) is 14.4. The Morgan fingerprint density at radius 2 is 2.11 bits per heavy atom. The molecule has 1 rings (SSSR count). The first-order valence-corrected chi connectivity index (χ1v) is 6.99. The third kappa shape index (κ3) is 5.32. The van der Waals surface area contributed by atoms with Crippen LogP contribution in [-0.4, -0.2) is 34.5 Å². The Bertz CT molecular complexity index is 477. The second-order valence-corrected chi connectivity index (χ2v) is 5.36. The van der Waals surface area contributed by atoms with Crippen LogP contribution in [0.4, 0.5) is 5.69 Å². The minimum absolute atomic E-state index is 0.158. The quantitative estimate of drug-likeness (QED) is 0.733. The van der Waals surface area contributed by atoms with E-state index < -0.39 is 12.0 Å². The first-order chi connectivity index (χ1) is 8.90. The Morgan fingerprint density at radius 3 is 2.68 bits per heavy atom. The summed E-state index contributed by atoms with van der Waals surface area (Å²) in [5.41, 5.74) is 8.26. The number of amides is 1. The van der Waals surface area contributed by atoms with Crippen molar-refractivity contribution in [2.24, 2.45) is 5.73 Å². The summed E-state index contributed by atoms with van der Waals surface area (Å²) in [6, 6.07) is 4.84. The van der Waals surface area contributed by atoms with Gasteiger partial charge in [-0.15, -0.1) is 11.8 Å². The fourth-order valence-electron chi connectivity index (χ4n) is 1.49. The molecule has 0 radical (unpaired) electrons. The fourth-order valence-corrected chi connectivity index (χ4v) is 2.26. The van der Waals surface area contributed by atoms with Gasteiger partial charge in [-0.05, 0) is 25.5 Å². The second kappa shape index (κ2) is 7.16. The van der Waals surface area contributed by atoms with Crippen LogP contribution < -0.4 is 11.1 Å². The van der Waals surface area contributed by atoms with E-state index in [9.17, 15) is 9.59 Å². The Kier molecular flexibility index (Phi) is 5.85. The van der Waals surface area contributed by atoms with E-state index in [-0.39, 0.29) is 17.4 Å². The summed E-state index contributed by atoms with van der Waals surface area (Å²) in [5, 5.41) is 11.4. The lowest BCUT2D eigenvalue weighted by Crippen LogP contribution is -2.33. The van der Waals surface area contributed by atoms with Crippen LogP contribution >= 0.6 is 11.8 Å². The lowest BCUT2D eigenvalue weighted by molar-refractivity contribution is -0.137. The maximum Gasteiger partial charge on any atom is 0.321 e. The Labute approximate surface area is 116 Å². The van der Waals surface area contributed by atoms with Crippen molar-refractivity contribution in [1.29, 1.82) is 0 Å². The number of nitrogens with one attached hydrogen (secondary N) is 1. The summed E-state index contributed by atoms with van der Waals surface area (Å²) >= 11 is 1.21. The number of nitrogens with two attached hydrogens (primary N) is 1. The monoisotopic (exact) mass is 282 g/mol. The zero-order valence-electron chi connectivity index (χ0n) is 11.0. The number of aryl methyl sites for hydroxylation is 2. The van der Waals surface area contributed by atoms with E-state index in [2.05, 4.69) is 5.32 Å². The smallest absolute Gasteiger partial charge is 0.321 e. The average Bonchev–Trinajstić information content (AvgIpc) is 2.32. The summed E-state index contributed by atoms with van der Waals surface area (Å²) in [4.78, 5) is 22.2. The number of hydrogen-bond donors (Lipinski definition) is 3. The molecule has 0 fully saturated rings. The topological polar surface area (TPSA) is 92.4 Å². The van der Waals surface area contributed by atoms with Gasteiger partial charge in [-0.3, -0.25) is 9.59 Å². The molecule has 5 nitrogen and oxygen atoms in total. The van der Waals surface area contributed by atoms with Crippen molar-refractivity contribution in [1.82, 2.24) is 0 Å². The van der Waals surface area contributed by atoms with Crippen molar-refractivity contribution in [2.75, 3.05) is 16.8 Å². The highest BCUT2D eigenvalue weighted by molar-refractivity contribution is 8.00. The van der Waals surface area contributed by atoms with Gasteiger partial charge in [-0.2, -0.15) is 0 Å². The number of carbonyl (C=O) groups is 2. The highest BCUT2D eigenvalue weighted by atomic mass is 32.2. The standard InChI is InChI=1S/C13H18N2O3S/c1-8-3-4-11(9(2)5-8)15-12(16)7-19-6-10(14)13(17)18/h3-5,10H,6-7,14H2,1-2H3,(H,15,16)(H,17,18)/t10-/m0/s1. The molecule has 1 aromatic rings. The first kappa shape index (κ1) is 15.5. The molecule has 4 N–H and O–H groups in total.